The van der Waals surface area contributed by atoms with E-state index in [9.17, 15) is 0 Å². The minimum Gasteiger partial charge on any atom is -0.378 e. The first-order valence-corrected chi connectivity index (χ1v) is 9.75. The molecule has 2 aromatic carbocycles. The van der Waals surface area contributed by atoms with Gasteiger partial charge in [-0.25, -0.2) is 0 Å². The molecule has 1 N–H and O–H groups in total. The molecule has 0 amide bonds. The first kappa shape index (κ1) is 17.9. The van der Waals surface area contributed by atoms with Crippen molar-refractivity contribution in [3.8, 4) is 17.1 Å². The molecule has 1 fully saturated rings. The first-order chi connectivity index (χ1) is 13.1. The van der Waals surface area contributed by atoms with Crippen LogP contribution in [0.4, 0.5) is 5.69 Å². The van der Waals surface area contributed by atoms with Gasteiger partial charge < -0.3 is 9.64 Å². The average Bonchev–Trinajstić information content (AvgIpc) is 3.10. The predicted molar refractivity (Wildman–Crippen MR) is 111 cm³/mol. The van der Waals surface area contributed by atoms with E-state index in [0.29, 0.717) is 10.7 Å². The molecule has 1 saturated heterocycles. The number of aromatic amines is 1. The minimum absolute atomic E-state index is 0.466. The maximum Gasteiger partial charge on any atom is 0.200 e. The quantitative estimate of drug-likeness (QED) is 0.674. The molecule has 5 nitrogen and oxygen atoms in total. The Morgan fingerprint density at radius 2 is 1.74 bits per heavy atom. The molecule has 6 heteroatoms. The Morgan fingerprint density at radius 3 is 2.44 bits per heavy atom. The topological polar surface area (TPSA) is 46.1 Å². The van der Waals surface area contributed by atoms with Crippen molar-refractivity contribution in [2.45, 2.75) is 19.8 Å². The summed E-state index contributed by atoms with van der Waals surface area (Å²) < 4.78 is 8.03. The molecule has 1 aliphatic heterocycles. The van der Waals surface area contributed by atoms with Crippen molar-refractivity contribution in [1.29, 1.82) is 0 Å². The molecule has 140 valence electrons. The number of H-pyrrole nitrogens is 1. The zero-order valence-electron chi connectivity index (χ0n) is 15.7. The van der Waals surface area contributed by atoms with Crippen LogP contribution in [0, 0.1) is 4.77 Å². The molecule has 0 atom stereocenters. The Balaban J connectivity index is 1.69. The molecule has 0 spiro atoms. The van der Waals surface area contributed by atoms with Crippen LogP contribution in [0.2, 0.25) is 0 Å². The van der Waals surface area contributed by atoms with Gasteiger partial charge in [-0.15, -0.1) is 0 Å². The molecule has 0 unspecified atom stereocenters. The van der Waals surface area contributed by atoms with Crippen molar-refractivity contribution in [2.75, 3.05) is 31.2 Å². The smallest absolute Gasteiger partial charge is 0.200 e. The number of nitrogens with one attached hydrogen (secondary N) is 1. The third kappa shape index (κ3) is 3.68. The second kappa shape index (κ2) is 7.66. The van der Waals surface area contributed by atoms with E-state index in [0.717, 1.165) is 43.4 Å². The average molecular weight is 381 g/mol. The van der Waals surface area contributed by atoms with E-state index in [4.69, 9.17) is 17.0 Å². The number of rotatable bonds is 4. The van der Waals surface area contributed by atoms with Crippen LogP contribution < -0.4 is 4.90 Å². The molecule has 1 aromatic heterocycles. The van der Waals surface area contributed by atoms with Crippen LogP contribution in [-0.2, 0) is 4.74 Å². The first-order valence-electron chi connectivity index (χ1n) is 9.34. The number of ether oxygens (including phenoxy) is 1. The number of hydrogen-bond acceptors (Lipinski definition) is 4. The van der Waals surface area contributed by atoms with E-state index in [2.05, 4.69) is 77.5 Å². The lowest BCUT2D eigenvalue weighted by Crippen LogP contribution is -2.36. The Kier molecular flexibility index (Phi) is 5.09. The van der Waals surface area contributed by atoms with Crippen molar-refractivity contribution in [1.82, 2.24) is 14.8 Å². The molecule has 4 rings (SSSR count). The van der Waals surface area contributed by atoms with Crippen LogP contribution in [-0.4, -0.2) is 41.1 Å². The highest BCUT2D eigenvalue weighted by molar-refractivity contribution is 7.71. The van der Waals surface area contributed by atoms with E-state index in [-0.39, 0.29) is 0 Å². The summed E-state index contributed by atoms with van der Waals surface area (Å²) in [5.41, 5.74) is 4.57. The monoisotopic (exact) mass is 380 g/mol. The number of benzene rings is 2. The number of aromatic nitrogens is 3. The van der Waals surface area contributed by atoms with E-state index in [1.165, 1.54) is 11.3 Å². The molecular weight excluding hydrogens is 356 g/mol. The fraction of sp³-hybridized carbons (Fsp3) is 0.333. The van der Waals surface area contributed by atoms with Crippen molar-refractivity contribution >= 4 is 17.9 Å². The SMILES string of the molecule is CC(C)c1cccc(-c2n[nH]c(=S)n2-c2ccc(N3CCOCC3)cc2)c1. The van der Waals surface area contributed by atoms with Crippen LogP contribution in [0.3, 0.4) is 0 Å². The molecule has 0 saturated carbocycles. The van der Waals surface area contributed by atoms with Gasteiger partial charge >= 0.3 is 0 Å². The maximum absolute atomic E-state index is 5.52. The van der Waals surface area contributed by atoms with Gasteiger partial charge in [0.1, 0.15) is 0 Å². The fourth-order valence-electron chi connectivity index (χ4n) is 3.40. The van der Waals surface area contributed by atoms with Crippen LogP contribution in [0.15, 0.2) is 48.5 Å². The van der Waals surface area contributed by atoms with Crippen molar-refractivity contribution in [3.05, 3.63) is 58.9 Å². The normalized spacial score (nSPS) is 14.7. The van der Waals surface area contributed by atoms with Crippen LogP contribution in [0.5, 0.6) is 0 Å². The Hall–Kier alpha value is -2.44. The number of nitrogens with zero attached hydrogens (tertiary/aromatic N) is 3. The number of morpholine rings is 1. The van der Waals surface area contributed by atoms with E-state index in [1.807, 2.05) is 4.57 Å². The molecule has 0 aliphatic carbocycles. The lowest BCUT2D eigenvalue weighted by atomic mass is 10.0. The van der Waals surface area contributed by atoms with Gasteiger partial charge in [-0.2, -0.15) is 5.10 Å². The zero-order valence-corrected chi connectivity index (χ0v) is 16.5. The lowest BCUT2D eigenvalue weighted by Gasteiger charge is -2.29. The Labute approximate surface area is 164 Å². The predicted octanol–water partition coefficient (Wildman–Crippen LogP) is 4.56. The van der Waals surface area contributed by atoms with Gasteiger partial charge in [0.25, 0.3) is 0 Å². The summed E-state index contributed by atoms with van der Waals surface area (Å²) in [6, 6.07) is 17.0. The number of anilines is 1. The Bertz CT molecular complexity index is 968. The van der Waals surface area contributed by atoms with Crippen LogP contribution in [0.25, 0.3) is 17.1 Å². The largest absolute Gasteiger partial charge is 0.378 e. The molecule has 0 radical (unpaired) electrons. The summed E-state index contributed by atoms with van der Waals surface area (Å²) in [4.78, 5) is 2.34. The summed E-state index contributed by atoms with van der Waals surface area (Å²) in [7, 11) is 0. The third-order valence-electron chi connectivity index (χ3n) is 4.97. The second-order valence-corrected chi connectivity index (χ2v) is 7.47. The van der Waals surface area contributed by atoms with Gasteiger partial charge in [0.15, 0.2) is 10.6 Å². The minimum atomic E-state index is 0.466. The highest BCUT2D eigenvalue weighted by Crippen LogP contribution is 2.26. The van der Waals surface area contributed by atoms with E-state index in [1.54, 1.807) is 0 Å². The third-order valence-corrected chi connectivity index (χ3v) is 5.24. The zero-order chi connectivity index (χ0) is 18.8. The Morgan fingerprint density at radius 1 is 1.04 bits per heavy atom. The van der Waals surface area contributed by atoms with Crippen molar-refractivity contribution in [2.24, 2.45) is 0 Å². The molecule has 3 aromatic rings. The molecule has 2 heterocycles. The van der Waals surface area contributed by atoms with Gasteiger partial charge in [0.05, 0.1) is 18.9 Å². The molecule has 0 bridgehead atoms. The van der Waals surface area contributed by atoms with Crippen LogP contribution in [0.1, 0.15) is 25.3 Å². The van der Waals surface area contributed by atoms with Crippen molar-refractivity contribution < 1.29 is 4.74 Å². The lowest BCUT2D eigenvalue weighted by molar-refractivity contribution is 0.122. The van der Waals surface area contributed by atoms with Gasteiger partial charge in [0.2, 0.25) is 0 Å². The van der Waals surface area contributed by atoms with Gasteiger partial charge in [-0.1, -0.05) is 32.0 Å². The summed E-state index contributed by atoms with van der Waals surface area (Å²) in [6.45, 7) is 7.81. The highest BCUT2D eigenvalue weighted by Gasteiger charge is 2.14. The van der Waals surface area contributed by atoms with Gasteiger partial charge in [0, 0.05) is 24.3 Å². The molecule has 27 heavy (non-hydrogen) atoms. The van der Waals surface area contributed by atoms with Gasteiger partial charge in [-0.3, -0.25) is 9.67 Å². The maximum atomic E-state index is 5.52. The molecular formula is C21H24N4OS. The standard InChI is InChI=1S/C21H24N4OS/c1-15(2)16-4-3-5-17(14-16)20-22-23-21(27)25(20)19-8-6-18(7-9-19)24-10-12-26-13-11-24/h3-9,14-15H,10-13H2,1-2H3,(H,23,27). The summed E-state index contributed by atoms with van der Waals surface area (Å²) in [5, 5.41) is 7.44. The summed E-state index contributed by atoms with van der Waals surface area (Å²) in [6.07, 6.45) is 0. The van der Waals surface area contributed by atoms with E-state index < -0.39 is 0 Å². The van der Waals surface area contributed by atoms with E-state index >= 15 is 0 Å². The number of hydrogen-bond donors (Lipinski definition) is 1. The van der Waals surface area contributed by atoms with Gasteiger partial charge in [-0.05, 0) is 54.0 Å². The highest BCUT2D eigenvalue weighted by atomic mass is 32.1. The molecule has 1 aliphatic rings. The van der Waals surface area contributed by atoms with Crippen LogP contribution >= 0.6 is 12.2 Å². The summed E-state index contributed by atoms with van der Waals surface area (Å²) in [5.74, 6) is 1.30. The fourth-order valence-corrected chi connectivity index (χ4v) is 3.64. The summed E-state index contributed by atoms with van der Waals surface area (Å²) >= 11 is 5.52. The second-order valence-electron chi connectivity index (χ2n) is 7.08. The van der Waals surface area contributed by atoms with Crippen molar-refractivity contribution in [3.63, 3.8) is 0 Å².